The molecule has 5 nitrogen and oxygen atoms in total. The molecule has 5 heteroatoms. The third-order valence-corrected chi connectivity index (χ3v) is 3.13. The molecule has 2 N–H and O–H groups in total. The van der Waals surface area contributed by atoms with Crippen molar-refractivity contribution in [2.24, 2.45) is 0 Å². The van der Waals surface area contributed by atoms with Crippen molar-refractivity contribution in [2.45, 2.75) is 32.2 Å². The fourth-order valence-electron chi connectivity index (χ4n) is 2.03. The number of carbonyl (C=O) groups is 2. The molecule has 0 fully saturated rings. The molecule has 0 aliphatic carbocycles. The molecule has 0 saturated carbocycles. The predicted octanol–water partition coefficient (Wildman–Crippen LogP) is 2.52. The first kappa shape index (κ1) is 14.1. The van der Waals surface area contributed by atoms with Crippen LogP contribution in [0, 0.1) is 0 Å². The van der Waals surface area contributed by atoms with Crippen LogP contribution in [-0.2, 0) is 9.59 Å². The summed E-state index contributed by atoms with van der Waals surface area (Å²) in [6.07, 6.45) is -0.0986. The first-order valence-corrected chi connectivity index (χ1v) is 6.48. The minimum atomic E-state index is -0.936. The van der Waals surface area contributed by atoms with E-state index in [0.29, 0.717) is 5.76 Å². The molecule has 0 bridgehead atoms. The quantitative estimate of drug-likeness (QED) is 0.878. The van der Waals surface area contributed by atoms with Crippen LogP contribution in [0.25, 0.3) is 11.0 Å². The van der Waals surface area contributed by atoms with Gasteiger partial charge in [0.2, 0.25) is 5.91 Å². The first-order valence-electron chi connectivity index (χ1n) is 6.48. The molecule has 1 amide bonds. The van der Waals surface area contributed by atoms with Gasteiger partial charge in [0, 0.05) is 11.4 Å². The number of rotatable bonds is 5. The second kappa shape index (κ2) is 5.77. The number of hydrogen-bond acceptors (Lipinski definition) is 3. The van der Waals surface area contributed by atoms with Crippen LogP contribution in [0.4, 0.5) is 0 Å². The molecule has 2 atom stereocenters. The van der Waals surface area contributed by atoms with E-state index in [2.05, 4.69) is 5.32 Å². The number of carbonyl (C=O) groups excluding carboxylic acids is 1. The van der Waals surface area contributed by atoms with Crippen molar-refractivity contribution in [2.75, 3.05) is 0 Å². The molecule has 0 radical (unpaired) electrons. The number of carboxylic acid groups (broad SMARTS) is 1. The van der Waals surface area contributed by atoms with E-state index in [1.165, 1.54) is 0 Å². The summed E-state index contributed by atoms with van der Waals surface area (Å²) in [6.45, 7) is 3.40. The molecule has 0 spiro atoms. The van der Waals surface area contributed by atoms with Crippen molar-refractivity contribution in [1.82, 2.24) is 5.32 Å². The number of hydrogen-bond donors (Lipinski definition) is 2. The Hall–Kier alpha value is -2.30. The van der Waals surface area contributed by atoms with E-state index in [-0.39, 0.29) is 12.3 Å². The molecule has 2 aromatic rings. The highest BCUT2D eigenvalue weighted by atomic mass is 16.4. The molecule has 0 aliphatic heterocycles. The maximum Gasteiger partial charge on any atom is 0.305 e. The molecular formula is C15H17NO4. The lowest BCUT2D eigenvalue weighted by molar-refractivity contribution is -0.137. The molecule has 2 rings (SSSR count). The lowest BCUT2D eigenvalue weighted by Gasteiger charge is -2.14. The molecule has 0 aliphatic rings. The van der Waals surface area contributed by atoms with Gasteiger partial charge in [0.1, 0.15) is 11.3 Å². The normalized spacial score (nSPS) is 13.9. The Balaban J connectivity index is 2.08. The highest BCUT2D eigenvalue weighted by molar-refractivity contribution is 5.85. The standard InChI is InChI=1S/C15H17NO4/c1-9(7-14(17)18)16-15(19)10(2)13-8-11-5-3-4-6-12(11)20-13/h3-6,8-10H,7H2,1-2H3,(H,16,19)(H,17,18). The number of para-hydroxylation sites is 1. The molecular weight excluding hydrogens is 258 g/mol. The van der Waals surface area contributed by atoms with Crippen LogP contribution in [0.3, 0.4) is 0 Å². The number of carboxylic acids is 1. The Kier molecular flexibility index (Phi) is 4.08. The lowest BCUT2D eigenvalue weighted by atomic mass is 10.1. The number of benzene rings is 1. The summed E-state index contributed by atoms with van der Waals surface area (Å²) in [4.78, 5) is 22.6. The Morgan fingerprint density at radius 3 is 2.65 bits per heavy atom. The second-order valence-electron chi connectivity index (χ2n) is 4.92. The minimum absolute atomic E-state index is 0.0986. The summed E-state index contributed by atoms with van der Waals surface area (Å²) in [5, 5.41) is 12.3. The number of aliphatic carboxylic acids is 1. The van der Waals surface area contributed by atoms with Gasteiger partial charge in [0.25, 0.3) is 0 Å². The Labute approximate surface area is 116 Å². The highest BCUT2D eigenvalue weighted by Crippen LogP contribution is 2.25. The van der Waals surface area contributed by atoms with Gasteiger partial charge in [-0.3, -0.25) is 9.59 Å². The molecule has 106 valence electrons. The van der Waals surface area contributed by atoms with Crippen LogP contribution in [-0.4, -0.2) is 23.0 Å². The molecule has 2 unspecified atom stereocenters. The van der Waals surface area contributed by atoms with Gasteiger partial charge in [-0.2, -0.15) is 0 Å². The van der Waals surface area contributed by atoms with Crippen LogP contribution in [0.15, 0.2) is 34.7 Å². The number of furan rings is 1. The number of amides is 1. The van der Waals surface area contributed by atoms with Gasteiger partial charge >= 0.3 is 5.97 Å². The van der Waals surface area contributed by atoms with Gasteiger partial charge in [0.05, 0.1) is 12.3 Å². The van der Waals surface area contributed by atoms with Gasteiger partial charge in [-0.1, -0.05) is 18.2 Å². The molecule has 1 aromatic carbocycles. The van der Waals surface area contributed by atoms with E-state index in [9.17, 15) is 9.59 Å². The fraction of sp³-hybridized carbons (Fsp3) is 0.333. The van der Waals surface area contributed by atoms with E-state index in [1.807, 2.05) is 30.3 Å². The van der Waals surface area contributed by atoms with Crippen LogP contribution >= 0.6 is 0 Å². The Morgan fingerprint density at radius 2 is 2.00 bits per heavy atom. The third-order valence-electron chi connectivity index (χ3n) is 3.13. The van der Waals surface area contributed by atoms with E-state index in [1.54, 1.807) is 13.8 Å². The van der Waals surface area contributed by atoms with Gasteiger partial charge in [-0.15, -0.1) is 0 Å². The topological polar surface area (TPSA) is 79.5 Å². The van der Waals surface area contributed by atoms with Gasteiger partial charge in [-0.25, -0.2) is 0 Å². The van der Waals surface area contributed by atoms with Crippen LogP contribution in [0.5, 0.6) is 0 Å². The molecule has 20 heavy (non-hydrogen) atoms. The minimum Gasteiger partial charge on any atom is -0.481 e. The lowest BCUT2D eigenvalue weighted by Crippen LogP contribution is -2.36. The summed E-state index contributed by atoms with van der Waals surface area (Å²) in [7, 11) is 0. The van der Waals surface area contributed by atoms with E-state index >= 15 is 0 Å². The summed E-state index contributed by atoms with van der Waals surface area (Å²) >= 11 is 0. The van der Waals surface area contributed by atoms with E-state index < -0.39 is 17.9 Å². The molecule has 0 saturated heterocycles. The van der Waals surface area contributed by atoms with Crippen molar-refractivity contribution in [3.63, 3.8) is 0 Å². The van der Waals surface area contributed by atoms with Crippen molar-refractivity contribution in [3.05, 3.63) is 36.1 Å². The van der Waals surface area contributed by atoms with Crippen molar-refractivity contribution >= 4 is 22.8 Å². The van der Waals surface area contributed by atoms with Crippen molar-refractivity contribution in [1.29, 1.82) is 0 Å². The maximum atomic E-state index is 12.0. The Bertz CT molecular complexity index is 599. The third kappa shape index (κ3) is 3.17. The van der Waals surface area contributed by atoms with Crippen LogP contribution < -0.4 is 5.32 Å². The van der Waals surface area contributed by atoms with Gasteiger partial charge in [0.15, 0.2) is 0 Å². The molecule has 1 heterocycles. The monoisotopic (exact) mass is 275 g/mol. The summed E-state index contributed by atoms with van der Waals surface area (Å²) < 4.78 is 5.64. The van der Waals surface area contributed by atoms with E-state index in [0.717, 1.165) is 11.0 Å². The second-order valence-corrected chi connectivity index (χ2v) is 4.92. The Morgan fingerprint density at radius 1 is 1.30 bits per heavy atom. The molecule has 1 aromatic heterocycles. The average molecular weight is 275 g/mol. The largest absolute Gasteiger partial charge is 0.481 e. The zero-order chi connectivity index (χ0) is 14.7. The average Bonchev–Trinajstić information content (AvgIpc) is 2.80. The predicted molar refractivity (Wildman–Crippen MR) is 74.5 cm³/mol. The summed E-state index contributed by atoms with van der Waals surface area (Å²) in [6, 6.07) is 8.96. The zero-order valence-corrected chi connectivity index (χ0v) is 11.4. The van der Waals surface area contributed by atoms with Crippen LogP contribution in [0.2, 0.25) is 0 Å². The van der Waals surface area contributed by atoms with Crippen molar-refractivity contribution < 1.29 is 19.1 Å². The fourth-order valence-corrected chi connectivity index (χ4v) is 2.03. The number of fused-ring (bicyclic) bond motifs is 1. The smallest absolute Gasteiger partial charge is 0.305 e. The van der Waals surface area contributed by atoms with Gasteiger partial charge < -0.3 is 14.8 Å². The van der Waals surface area contributed by atoms with Gasteiger partial charge in [-0.05, 0) is 26.0 Å². The summed E-state index contributed by atoms with van der Waals surface area (Å²) in [5.41, 5.74) is 0.737. The number of nitrogens with one attached hydrogen (secondary N) is 1. The SMILES string of the molecule is CC(CC(=O)O)NC(=O)C(C)c1cc2ccccc2o1. The first-order chi connectivity index (χ1) is 9.47. The highest BCUT2D eigenvalue weighted by Gasteiger charge is 2.21. The maximum absolute atomic E-state index is 12.0. The van der Waals surface area contributed by atoms with Crippen LogP contribution in [0.1, 0.15) is 31.9 Å². The van der Waals surface area contributed by atoms with E-state index in [4.69, 9.17) is 9.52 Å². The zero-order valence-electron chi connectivity index (χ0n) is 11.4. The van der Waals surface area contributed by atoms with Crippen molar-refractivity contribution in [3.8, 4) is 0 Å². The summed E-state index contributed by atoms with van der Waals surface area (Å²) in [5.74, 6) is -1.06.